The summed E-state index contributed by atoms with van der Waals surface area (Å²) in [5, 5.41) is 3.37. The van der Waals surface area contributed by atoms with Crippen molar-refractivity contribution in [3.8, 4) is 0 Å². The fourth-order valence-corrected chi connectivity index (χ4v) is 3.25. The predicted molar refractivity (Wildman–Crippen MR) is 74.4 cm³/mol. The Kier molecular flexibility index (Phi) is 3.82. The van der Waals surface area contributed by atoms with E-state index < -0.39 is 0 Å². The van der Waals surface area contributed by atoms with E-state index in [2.05, 4.69) is 43.5 Å². The number of thiophene rings is 1. The van der Waals surface area contributed by atoms with Crippen LogP contribution >= 0.6 is 11.3 Å². The molecule has 0 amide bonds. The van der Waals surface area contributed by atoms with Crippen molar-refractivity contribution >= 4 is 21.4 Å². The standard InChI is InChI=1S/C14H19NOS/c1-9(2)13(16-3)12(15)11-6-4-5-10-7-8-17-14(10)11/h4-9,12-13H,15H2,1-3H3. The molecule has 1 aromatic carbocycles. The Morgan fingerprint density at radius 1 is 1.24 bits per heavy atom. The summed E-state index contributed by atoms with van der Waals surface area (Å²) in [5.74, 6) is 0.408. The fraction of sp³-hybridized carbons (Fsp3) is 0.429. The Hall–Kier alpha value is -0.900. The van der Waals surface area contributed by atoms with E-state index in [0.29, 0.717) is 5.92 Å². The molecular weight excluding hydrogens is 230 g/mol. The molecule has 0 saturated carbocycles. The maximum Gasteiger partial charge on any atom is 0.0787 e. The lowest BCUT2D eigenvalue weighted by molar-refractivity contribution is 0.0441. The van der Waals surface area contributed by atoms with Gasteiger partial charge in [0.15, 0.2) is 0 Å². The zero-order chi connectivity index (χ0) is 12.4. The van der Waals surface area contributed by atoms with Gasteiger partial charge in [0.25, 0.3) is 0 Å². The summed E-state index contributed by atoms with van der Waals surface area (Å²) in [4.78, 5) is 0. The molecule has 3 heteroatoms. The van der Waals surface area contributed by atoms with Crippen LogP contribution in [0.25, 0.3) is 10.1 Å². The van der Waals surface area contributed by atoms with Crippen LogP contribution in [0.4, 0.5) is 0 Å². The third-order valence-corrected chi connectivity index (χ3v) is 4.13. The number of benzene rings is 1. The monoisotopic (exact) mass is 249 g/mol. The van der Waals surface area contributed by atoms with Gasteiger partial charge in [-0.25, -0.2) is 0 Å². The van der Waals surface area contributed by atoms with E-state index in [1.54, 1.807) is 18.4 Å². The summed E-state index contributed by atoms with van der Waals surface area (Å²) < 4.78 is 6.81. The summed E-state index contributed by atoms with van der Waals surface area (Å²) in [7, 11) is 1.74. The maximum absolute atomic E-state index is 6.36. The van der Waals surface area contributed by atoms with Crippen molar-refractivity contribution in [2.45, 2.75) is 26.0 Å². The van der Waals surface area contributed by atoms with Crippen molar-refractivity contribution in [3.63, 3.8) is 0 Å². The van der Waals surface area contributed by atoms with Crippen LogP contribution in [0, 0.1) is 5.92 Å². The highest BCUT2D eigenvalue weighted by atomic mass is 32.1. The Bertz CT molecular complexity index is 492. The first-order valence-corrected chi connectivity index (χ1v) is 6.77. The average Bonchev–Trinajstić information content (AvgIpc) is 2.76. The molecule has 0 aliphatic heterocycles. The van der Waals surface area contributed by atoms with E-state index in [1.165, 1.54) is 15.6 Å². The molecule has 0 bridgehead atoms. The van der Waals surface area contributed by atoms with Crippen LogP contribution in [0.1, 0.15) is 25.5 Å². The molecule has 0 aliphatic carbocycles. The summed E-state index contributed by atoms with van der Waals surface area (Å²) in [6.07, 6.45) is 0.0581. The van der Waals surface area contributed by atoms with E-state index in [4.69, 9.17) is 10.5 Å². The van der Waals surface area contributed by atoms with Gasteiger partial charge in [0.05, 0.1) is 12.1 Å². The van der Waals surface area contributed by atoms with Gasteiger partial charge in [0.2, 0.25) is 0 Å². The van der Waals surface area contributed by atoms with Gasteiger partial charge in [-0.3, -0.25) is 0 Å². The molecule has 17 heavy (non-hydrogen) atoms. The molecule has 0 aliphatic rings. The number of hydrogen-bond donors (Lipinski definition) is 1. The number of hydrogen-bond acceptors (Lipinski definition) is 3. The predicted octanol–water partition coefficient (Wildman–Crippen LogP) is 3.57. The Balaban J connectivity index is 2.41. The van der Waals surface area contributed by atoms with Crippen LogP contribution < -0.4 is 5.73 Å². The largest absolute Gasteiger partial charge is 0.379 e. The van der Waals surface area contributed by atoms with Crippen LogP contribution in [0.5, 0.6) is 0 Å². The minimum atomic E-state index is -0.0673. The first kappa shape index (κ1) is 12.6. The van der Waals surface area contributed by atoms with Crippen LogP contribution in [-0.2, 0) is 4.74 Å². The Labute approximate surface area is 106 Å². The van der Waals surface area contributed by atoms with Gasteiger partial charge in [0.1, 0.15) is 0 Å². The highest BCUT2D eigenvalue weighted by Gasteiger charge is 2.24. The zero-order valence-electron chi connectivity index (χ0n) is 10.5. The first-order valence-electron chi connectivity index (χ1n) is 5.89. The highest BCUT2D eigenvalue weighted by molar-refractivity contribution is 7.17. The van der Waals surface area contributed by atoms with Gasteiger partial charge in [0, 0.05) is 11.8 Å². The second kappa shape index (κ2) is 5.17. The van der Waals surface area contributed by atoms with Gasteiger partial charge in [-0.05, 0) is 28.3 Å². The van der Waals surface area contributed by atoms with Crippen molar-refractivity contribution in [1.29, 1.82) is 0 Å². The van der Waals surface area contributed by atoms with Gasteiger partial charge in [-0.2, -0.15) is 0 Å². The van der Waals surface area contributed by atoms with Gasteiger partial charge >= 0.3 is 0 Å². The smallest absolute Gasteiger partial charge is 0.0787 e. The molecule has 1 heterocycles. The third kappa shape index (κ3) is 2.37. The molecule has 2 unspecified atom stereocenters. The molecule has 2 N–H and O–H groups in total. The van der Waals surface area contributed by atoms with E-state index in [1.807, 2.05) is 0 Å². The molecule has 0 fully saturated rings. The summed E-state index contributed by atoms with van der Waals surface area (Å²) in [6.45, 7) is 4.28. The van der Waals surface area contributed by atoms with E-state index in [9.17, 15) is 0 Å². The van der Waals surface area contributed by atoms with Crippen LogP contribution in [0.3, 0.4) is 0 Å². The molecular formula is C14H19NOS. The molecule has 0 saturated heterocycles. The van der Waals surface area contributed by atoms with Crippen molar-refractivity contribution in [2.24, 2.45) is 11.7 Å². The Morgan fingerprint density at radius 3 is 2.65 bits per heavy atom. The summed E-state index contributed by atoms with van der Waals surface area (Å²) in [5.41, 5.74) is 7.55. The molecule has 2 rings (SSSR count). The minimum absolute atomic E-state index is 0.0581. The SMILES string of the molecule is COC(C(C)C)C(N)c1cccc2ccsc12. The van der Waals surface area contributed by atoms with E-state index >= 15 is 0 Å². The first-order chi connectivity index (χ1) is 8.15. The topological polar surface area (TPSA) is 35.2 Å². The number of nitrogens with two attached hydrogens (primary N) is 1. The normalized spacial score (nSPS) is 15.4. The van der Waals surface area contributed by atoms with Gasteiger partial charge < -0.3 is 10.5 Å². The molecule has 92 valence electrons. The molecule has 2 atom stereocenters. The van der Waals surface area contributed by atoms with Crippen molar-refractivity contribution in [2.75, 3.05) is 7.11 Å². The van der Waals surface area contributed by atoms with Crippen molar-refractivity contribution in [1.82, 2.24) is 0 Å². The van der Waals surface area contributed by atoms with E-state index in [0.717, 1.165) is 0 Å². The zero-order valence-corrected chi connectivity index (χ0v) is 11.3. The molecule has 0 radical (unpaired) electrons. The second-order valence-corrected chi connectivity index (χ2v) is 5.57. The number of ether oxygens (including phenoxy) is 1. The summed E-state index contributed by atoms with van der Waals surface area (Å²) >= 11 is 1.75. The van der Waals surface area contributed by atoms with Crippen LogP contribution in [0.15, 0.2) is 29.6 Å². The van der Waals surface area contributed by atoms with Crippen LogP contribution in [-0.4, -0.2) is 13.2 Å². The number of rotatable bonds is 4. The fourth-order valence-electron chi connectivity index (χ4n) is 2.29. The maximum atomic E-state index is 6.36. The highest BCUT2D eigenvalue weighted by Crippen LogP contribution is 2.31. The quantitative estimate of drug-likeness (QED) is 0.899. The van der Waals surface area contributed by atoms with Gasteiger partial charge in [-0.1, -0.05) is 32.0 Å². The van der Waals surface area contributed by atoms with E-state index in [-0.39, 0.29) is 12.1 Å². The van der Waals surface area contributed by atoms with Gasteiger partial charge in [-0.15, -0.1) is 11.3 Å². The lowest BCUT2D eigenvalue weighted by Crippen LogP contribution is -2.32. The molecule has 0 spiro atoms. The second-order valence-electron chi connectivity index (χ2n) is 4.66. The lowest BCUT2D eigenvalue weighted by atomic mass is 9.93. The average molecular weight is 249 g/mol. The minimum Gasteiger partial charge on any atom is -0.379 e. The van der Waals surface area contributed by atoms with Crippen LogP contribution in [0.2, 0.25) is 0 Å². The van der Waals surface area contributed by atoms with Crippen molar-refractivity contribution < 1.29 is 4.74 Å². The number of fused-ring (bicyclic) bond motifs is 1. The third-order valence-electron chi connectivity index (χ3n) is 3.15. The summed E-state index contributed by atoms with van der Waals surface area (Å²) in [6, 6.07) is 8.37. The molecule has 1 aromatic heterocycles. The molecule has 2 nitrogen and oxygen atoms in total. The van der Waals surface area contributed by atoms with Crippen molar-refractivity contribution in [3.05, 3.63) is 35.2 Å². The molecule has 2 aromatic rings. The number of methoxy groups -OCH3 is 1. The Morgan fingerprint density at radius 2 is 2.00 bits per heavy atom. The lowest BCUT2D eigenvalue weighted by Gasteiger charge is -2.26.